The van der Waals surface area contributed by atoms with Gasteiger partial charge in [-0.3, -0.25) is 9.78 Å². The minimum absolute atomic E-state index is 0.0599. The van der Waals surface area contributed by atoms with Crippen LogP contribution in [0.3, 0.4) is 0 Å². The van der Waals surface area contributed by atoms with E-state index in [9.17, 15) is 10.1 Å². The number of thioether (sulfide) groups is 1. The van der Waals surface area contributed by atoms with E-state index in [2.05, 4.69) is 11.1 Å². The fraction of sp³-hybridized carbons (Fsp3) is 0.278. The number of benzene rings is 1. The Hall–Kier alpha value is -2.32. The van der Waals surface area contributed by atoms with Gasteiger partial charge in [0, 0.05) is 10.6 Å². The molecule has 1 aromatic carbocycles. The summed E-state index contributed by atoms with van der Waals surface area (Å²) in [6.45, 7) is 0.0599. The predicted molar refractivity (Wildman–Crippen MR) is 87.9 cm³/mol. The SMILES string of the molecule is N#Cc1cc2c(nc1COC(=O)CSc1ccccc1)CCC2. The highest BCUT2D eigenvalue weighted by atomic mass is 32.2. The van der Waals surface area contributed by atoms with E-state index >= 15 is 0 Å². The molecule has 0 radical (unpaired) electrons. The molecule has 1 aliphatic carbocycles. The molecule has 0 unspecified atom stereocenters. The van der Waals surface area contributed by atoms with E-state index in [0.29, 0.717) is 11.3 Å². The molecule has 23 heavy (non-hydrogen) atoms. The smallest absolute Gasteiger partial charge is 0.316 e. The second-order valence-electron chi connectivity index (χ2n) is 5.32. The van der Waals surface area contributed by atoms with Gasteiger partial charge in [0.25, 0.3) is 0 Å². The van der Waals surface area contributed by atoms with Gasteiger partial charge in [-0.25, -0.2) is 0 Å². The van der Waals surface area contributed by atoms with E-state index in [4.69, 9.17) is 4.74 Å². The Bertz CT molecular complexity index is 754. The van der Waals surface area contributed by atoms with Crippen molar-refractivity contribution in [2.45, 2.75) is 30.8 Å². The lowest BCUT2D eigenvalue weighted by Crippen LogP contribution is -2.10. The first-order valence-electron chi connectivity index (χ1n) is 7.51. The van der Waals surface area contributed by atoms with Gasteiger partial charge in [-0.05, 0) is 43.0 Å². The monoisotopic (exact) mass is 324 g/mol. The van der Waals surface area contributed by atoms with Gasteiger partial charge in [0.2, 0.25) is 0 Å². The summed E-state index contributed by atoms with van der Waals surface area (Å²) in [4.78, 5) is 17.4. The van der Waals surface area contributed by atoms with Crippen LogP contribution in [-0.2, 0) is 29.0 Å². The lowest BCUT2D eigenvalue weighted by atomic mass is 10.1. The molecule has 0 N–H and O–H groups in total. The molecule has 0 amide bonds. The summed E-state index contributed by atoms with van der Waals surface area (Å²) in [5, 5.41) is 9.23. The molecule has 3 rings (SSSR count). The molecular weight excluding hydrogens is 308 g/mol. The lowest BCUT2D eigenvalue weighted by Gasteiger charge is -2.08. The molecule has 1 heterocycles. The summed E-state index contributed by atoms with van der Waals surface area (Å²) in [5.41, 5.74) is 3.25. The van der Waals surface area contributed by atoms with Gasteiger partial charge in [0.1, 0.15) is 12.7 Å². The van der Waals surface area contributed by atoms with E-state index in [0.717, 1.165) is 35.4 Å². The van der Waals surface area contributed by atoms with Crippen LogP contribution >= 0.6 is 11.8 Å². The molecule has 0 aliphatic heterocycles. The first kappa shape index (κ1) is 15.6. The van der Waals surface area contributed by atoms with Crippen LogP contribution in [0.5, 0.6) is 0 Å². The summed E-state index contributed by atoms with van der Waals surface area (Å²) in [6.07, 6.45) is 2.99. The highest BCUT2D eigenvalue weighted by molar-refractivity contribution is 8.00. The number of hydrogen-bond acceptors (Lipinski definition) is 5. The van der Waals surface area contributed by atoms with E-state index in [1.165, 1.54) is 11.8 Å². The molecule has 2 aromatic rings. The number of ether oxygens (including phenoxy) is 1. The third-order valence-corrected chi connectivity index (χ3v) is 4.71. The number of fused-ring (bicyclic) bond motifs is 1. The van der Waals surface area contributed by atoms with Gasteiger partial charge >= 0.3 is 5.97 Å². The Morgan fingerprint density at radius 1 is 1.30 bits per heavy atom. The first-order valence-corrected chi connectivity index (χ1v) is 8.50. The molecule has 1 aromatic heterocycles. The average Bonchev–Trinajstić information content (AvgIpc) is 3.05. The van der Waals surface area contributed by atoms with Crippen molar-refractivity contribution >= 4 is 17.7 Å². The van der Waals surface area contributed by atoms with Crippen LogP contribution in [0.2, 0.25) is 0 Å². The third-order valence-electron chi connectivity index (χ3n) is 3.72. The Morgan fingerprint density at radius 3 is 2.91 bits per heavy atom. The largest absolute Gasteiger partial charge is 0.458 e. The van der Waals surface area contributed by atoms with Crippen LogP contribution < -0.4 is 0 Å². The number of nitrogens with zero attached hydrogens (tertiary/aromatic N) is 2. The lowest BCUT2D eigenvalue weighted by molar-refractivity contribution is -0.141. The van der Waals surface area contributed by atoms with E-state index in [-0.39, 0.29) is 18.3 Å². The standard InChI is InChI=1S/C18H16N2O2S/c19-10-14-9-13-5-4-8-16(13)20-17(14)11-22-18(21)12-23-15-6-2-1-3-7-15/h1-3,6-7,9H,4-5,8,11-12H2. The maximum atomic E-state index is 11.9. The van der Waals surface area contributed by atoms with Crippen molar-refractivity contribution in [2.75, 3.05) is 5.75 Å². The number of carbonyl (C=O) groups excluding carboxylic acids is 1. The van der Waals surface area contributed by atoms with Gasteiger partial charge in [0.05, 0.1) is 17.0 Å². The van der Waals surface area contributed by atoms with E-state index < -0.39 is 0 Å². The molecular formula is C18H16N2O2S. The van der Waals surface area contributed by atoms with E-state index in [1.54, 1.807) is 0 Å². The van der Waals surface area contributed by atoms with Crippen LogP contribution in [0.4, 0.5) is 0 Å². The Labute approximate surface area is 139 Å². The average molecular weight is 324 g/mol. The van der Waals surface area contributed by atoms with Crippen LogP contribution in [0.15, 0.2) is 41.3 Å². The Balaban J connectivity index is 1.58. The van der Waals surface area contributed by atoms with Crippen molar-refractivity contribution in [3.63, 3.8) is 0 Å². The number of aromatic nitrogens is 1. The van der Waals surface area contributed by atoms with Crippen molar-refractivity contribution in [1.82, 2.24) is 4.98 Å². The van der Waals surface area contributed by atoms with Crippen molar-refractivity contribution in [1.29, 1.82) is 5.26 Å². The zero-order valence-corrected chi connectivity index (χ0v) is 13.4. The molecule has 116 valence electrons. The second kappa shape index (κ2) is 7.30. The molecule has 0 spiro atoms. The fourth-order valence-electron chi connectivity index (χ4n) is 2.57. The van der Waals surface area contributed by atoms with Gasteiger partial charge in [-0.2, -0.15) is 5.26 Å². The van der Waals surface area contributed by atoms with E-state index in [1.807, 2.05) is 36.4 Å². The van der Waals surface area contributed by atoms with Gasteiger partial charge < -0.3 is 4.74 Å². The minimum Gasteiger partial charge on any atom is -0.458 e. The molecule has 0 saturated heterocycles. The van der Waals surface area contributed by atoms with Crippen LogP contribution in [0, 0.1) is 11.3 Å². The zero-order valence-electron chi connectivity index (χ0n) is 12.6. The molecule has 5 heteroatoms. The molecule has 0 atom stereocenters. The maximum Gasteiger partial charge on any atom is 0.316 e. The number of nitriles is 1. The highest BCUT2D eigenvalue weighted by Crippen LogP contribution is 2.23. The van der Waals surface area contributed by atoms with Gasteiger partial charge in [-0.15, -0.1) is 11.8 Å². The molecule has 0 fully saturated rings. The summed E-state index contributed by atoms with van der Waals surface area (Å²) in [6, 6.07) is 13.7. The van der Waals surface area contributed by atoms with Crippen molar-refractivity contribution in [3.05, 3.63) is 58.9 Å². The maximum absolute atomic E-state index is 11.9. The number of carbonyl (C=O) groups is 1. The van der Waals surface area contributed by atoms with Crippen LogP contribution in [0.1, 0.15) is 28.9 Å². The van der Waals surface area contributed by atoms with Gasteiger partial charge in [-0.1, -0.05) is 18.2 Å². The predicted octanol–water partition coefficient (Wildman–Crippen LogP) is 3.28. The van der Waals surface area contributed by atoms with Crippen molar-refractivity contribution in [2.24, 2.45) is 0 Å². The Kier molecular flexibility index (Phi) is 4.94. The Morgan fingerprint density at radius 2 is 2.13 bits per heavy atom. The number of hydrogen-bond donors (Lipinski definition) is 0. The van der Waals surface area contributed by atoms with Gasteiger partial charge in [0.15, 0.2) is 0 Å². The number of rotatable bonds is 5. The van der Waals surface area contributed by atoms with Crippen LogP contribution in [-0.4, -0.2) is 16.7 Å². The second-order valence-corrected chi connectivity index (χ2v) is 6.36. The summed E-state index contributed by atoms with van der Waals surface area (Å²) in [5.74, 6) is -0.0540. The normalized spacial score (nSPS) is 12.5. The molecule has 0 saturated carbocycles. The molecule has 1 aliphatic rings. The number of pyridine rings is 1. The molecule has 4 nitrogen and oxygen atoms in total. The minimum atomic E-state index is -0.301. The van der Waals surface area contributed by atoms with Crippen molar-refractivity contribution in [3.8, 4) is 6.07 Å². The summed E-state index contributed by atoms with van der Waals surface area (Å²) in [7, 11) is 0. The summed E-state index contributed by atoms with van der Waals surface area (Å²) >= 11 is 1.43. The molecule has 0 bridgehead atoms. The quantitative estimate of drug-likeness (QED) is 0.624. The topological polar surface area (TPSA) is 63.0 Å². The third kappa shape index (κ3) is 3.91. The zero-order chi connectivity index (χ0) is 16.1. The number of esters is 1. The summed E-state index contributed by atoms with van der Waals surface area (Å²) < 4.78 is 5.28. The van der Waals surface area contributed by atoms with Crippen LogP contribution in [0.25, 0.3) is 0 Å². The first-order chi connectivity index (χ1) is 11.3. The van der Waals surface area contributed by atoms with Crippen molar-refractivity contribution < 1.29 is 9.53 Å². The highest BCUT2D eigenvalue weighted by Gasteiger charge is 2.17. The fourth-order valence-corrected chi connectivity index (χ4v) is 3.29. The number of aryl methyl sites for hydroxylation is 2.